The van der Waals surface area contributed by atoms with Crippen LogP contribution in [0.1, 0.15) is 5.56 Å². The normalized spacial score (nSPS) is 10.4. The van der Waals surface area contributed by atoms with Crippen LogP contribution in [0.3, 0.4) is 0 Å². The van der Waals surface area contributed by atoms with Gasteiger partial charge < -0.3 is 14.8 Å². The predicted octanol–water partition coefficient (Wildman–Crippen LogP) is 3.43. The smallest absolute Gasteiger partial charge is 0.228 e. The molecular formula is C19H18N2O3. The number of methoxy groups -OCH3 is 2. The summed E-state index contributed by atoms with van der Waals surface area (Å²) in [5.41, 5.74) is 1.57. The largest absolute Gasteiger partial charge is 0.497 e. The molecule has 5 heteroatoms. The van der Waals surface area contributed by atoms with Crippen LogP contribution in [0, 0.1) is 0 Å². The number of benzene rings is 2. The van der Waals surface area contributed by atoms with Gasteiger partial charge in [-0.15, -0.1) is 0 Å². The molecule has 122 valence electrons. The van der Waals surface area contributed by atoms with Crippen molar-refractivity contribution < 1.29 is 14.3 Å². The number of ether oxygens (including phenoxy) is 2. The minimum atomic E-state index is -0.109. The van der Waals surface area contributed by atoms with Crippen LogP contribution in [0.5, 0.6) is 11.5 Å². The van der Waals surface area contributed by atoms with Crippen LogP contribution in [-0.4, -0.2) is 25.1 Å². The van der Waals surface area contributed by atoms with E-state index in [0.29, 0.717) is 11.5 Å². The molecule has 0 radical (unpaired) electrons. The fourth-order valence-corrected chi connectivity index (χ4v) is 2.60. The lowest BCUT2D eigenvalue weighted by atomic mass is 10.1. The van der Waals surface area contributed by atoms with Gasteiger partial charge >= 0.3 is 0 Å². The Morgan fingerprint density at radius 2 is 2.00 bits per heavy atom. The summed E-state index contributed by atoms with van der Waals surface area (Å²) < 4.78 is 10.5. The third-order valence-electron chi connectivity index (χ3n) is 3.80. The number of fused-ring (bicyclic) bond motifs is 1. The van der Waals surface area contributed by atoms with Gasteiger partial charge in [-0.2, -0.15) is 0 Å². The van der Waals surface area contributed by atoms with Crippen LogP contribution in [0.25, 0.3) is 10.8 Å². The molecule has 3 aromatic rings. The van der Waals surface area contributed by atoms with E-state index in [0.717, 1.165) is 22.0 Å². The molecule has 0 saturated carbocycles. The Morgan fingerprint density at radius 3 is 2.79 bits per heavy atom. The summed E-state index contributed by atoms with van der Waals surface area (Å²) in [6.45, 7) is 0. The van der Waals surface area contributed by atoms with E-state index in [-0.39, 0.29) is 12.3 Å². The lowest BCUT2D eigenvalue weighted by Crippen LogP contribution is -2.15. The molecule has 1 amide bonds. The van der Waals surface area contributed by atoms with Crippen LogP contribution < -0.4 is 14.8 Å². The number of hydrogen-bond acceptors (Lipinski definition) is 4. The Kier molecular flexibility index (Phi) is 4.61. The summed E-state index contributed by atoms with van der Waals surface area (Å²) in [6, 6.07) is 13.0. The van der Waals surface area contributed by atoms with Gasteiger partial charge in [0.05, 0.1) is 20.6 Å². The van der Waals surface area contributed by atoms with Gasteiger partial charge in [-0.1, -0.05) is 18.2 Å². The van der Waals surface area contributed by atoms with Crippen molar-refractivity contribution in [1.82, 2.24) is 4.98 Å². The Hall–Kier alpha value is -3.08. The maximum Gasteiger partial charge on any atom is 0.228 e. The summed E-state index contributed by atoms with van der Waals surface area (Å²) in [6.07, 6.45) is 3.70. The second kappa shape index (κ2) is 7.00. The molecule has 5 nitrogen and oxygen atoms in total. The molecule has 24 heavy (non-hydrogen) atoms. The number of carbonyl (C=O) groups is 1. The third-order valence-corrected chi connectivity index (χ3v) is 3.80. The van der Waals surface area contributed by atoms with Crippen LogP contribution in [0.4, 0.5) is 5.69 Å². The molecule has 1 aromatic heterocycles. The maximum absolute atomic E-state index is 12.4. The Bertz CT molecular complexity index is 872. The highest BCUT2D eigenvalue weighted by molar-refractivity contribution is 6.02. The van der Waals surface area contributed by atoms with Crippen molar-refractivity contribution in [3.8, 4) is 11.5 Å². The van der Waals surface area contributed by atoms with E-state index in [1.54, 1.807) is 32.7 Å². The lowest BCUT2D eigenvalue weighted by Gasteiger charge is -2.12. The van der Waals surface area contributed by atoms with Crippen molar-refractivity contribution in [2.45, 2.75) is 6.42 Å². The van der Waals surface area contributed by atoms with E-state index in [2.05, 4.69) is 10.3 Å². The van der Waals surface area contributed by atoms with Gasteiger partial charge in [-0.3, -0.25) is 9.78 Å². The van der Waals surface area contributed by atoms with Gasteiger partial charge in [0.2, 0.25) is 5.91 Å². The second-order valence-corrected chi connectivity index (χ2v) is 5.31. The van der Waals surface area contributed by atoms with Gasteiger partial charge in [0.25, 0.3) is 0 Å². The number of pyridine rings is 1. The van der Waals surface area contributed by atoms with E-state index in [1.165, 1.54) is 0 Å². The summed E-state index contributed by atoms with van der Waals surface area (Å²) in [5.74, 6) is 1.21. The number of nitrogens with zero attached hydrogens (tertiary/aromatic N) is 1. The molecular weight excluding hydrogens is 304 g/mol. The average Bonchev–Trinajstić information content (AvgIpc) is 2.62. The molecule has 0 fully saturated rings. The van der Waals surface area contributed by atoms with Crippen LogP contribution >= 0.6 is 0 Å². The van der Waals surface area contributed by atoms with Crippen molar-refractivity contribution >= 4 is 22.4 Å². The molecule has 0 bridgehead atoms. The number of rotatable bonds is 5. The highest BCUT2D eigenvalue weighted by Gasteiger charge is 2.11. The monoisotopic (exact) mass is 322 g/mol. The molecule has 3 rings (SSSR count). The first-order valence-electron chi connectivity index (χ1n) is 7.55. The highest BCUT2D eigenvalue weighted by Crippen LogP contribution is 2.26. The predicted molar refractivity (Wildman–Crippen MR) is 93.6 cm³/mol. The van der Waals surface area contributed by atoms with E-state index in [1.807, 2.05) is 36.4 Å². The maximum atomic E-state index is 12.4. The summed E-state index contributed by atoms with van der Waals surface area (Å²) >= 11 is 0. The molecule has 1 N–H and O–H groups in total. The minimum Gasteiger partial charge on any atom is -0.497 e. The first-order valence-corrected chi connectivity index (χ1v) is 7.55. The zero-order chi connectivity index (χ0) is 16.9. The van der Waals surface area contributed by atoms with Gasteiger partial charge in [-0.25, -0.2) is 0 Å². The second-order valence-electron chi connectivity index (χ2n) is 5.31. The lowest BCUT2D eigenvalue weighted by molar-refractivity contribution is -0.115. The molecule has 2 aromatic carbocycles. The zero-order valence-corrected chi connectivity index (χ0v) is 13.6. The first kappa shape index (κ1) is 15.8. The number of anilines is 1. The fourth-order valence-electron chi connectivity index (χ4n) is 2.60. The topological polar surface area (TPSA) is 60.5 Å². The first-order chi connectivity index (χ1) is 11.7. The zero-order valence-electron chi connectivity index (χ0n) is 13.6. The molecule has 0 saturated heterocycles. The summed E-state index contributed by atoms with van der Waals surface area (Å²) in [7, 11) is 3.17. The van der Waals surface area contributed by atoms with Crippen LogP contribution in [-0.2, 0) is 11.2 Å². The average molecular weight is 322 g/mol. The molecule has 0 aliphatic rings. The van der Waals surface area contributed by atoms with Gasteiger partial charge in [0.15, 0.2) is 0 Å². The van der Waals surface area contributed by atoms with Gasteiger partial charge in [-0.05, 0) is 18.2 Å². The Labute approximate surface area is 140 Å². The quantitative estimate of drug-likeness (QED) is 0.782. The Morgan fingerprint density at radius 1 is 1.12 bits per heavy atom. The number of aromatic nitrogens is 1. The SMILES string of the molecule is COc1ccc(CC(=O)Nc2cccc3cnccc23)c(OC)c1. The third kappa shape index (κ3) is 3.30. The van der Waals surface area contributed by atoms with E-state index < -0.39 is 0 Å². The number of amides is 1. The van der Waals surface area contributed by atoms with Crippen molar-refractivity contribution in [3.05, 3.63) is 60.4 Å². The summed E-state index contributed by atoms with van der Waals surface area (Å²) in [4.78, 5) is 16.5. The van der Waals surface area contributed by atoms with Crippen molar-refractivity contribution in [3.63, 3.8) is 0 Å². The molecule has 0 unspecified atom stereocenters. The molecule has 0 aliphatic heterocycles. The van der Waals surface area contributed by atoms with E-state index in [4.69, 9.17) is 9.47 Å². The summed E-state index contributed by atoms with van der Waals surface area (Å²) in [5, 5.41) is 4.90. The van der Waals surface area contributed by atoms with Gasteiger partial charge in [0, 0.05) is 40.5 Å². The number of nitrogens with one attached hydrogen (secondary N) is 1. The van der Waals surface area contributed by atoms with E-state index in [9.17, 15) is 4.79 Å². The fraction of sp³-hybridized carbons (Fsp3) is 0.158. The van der Waals surface area contributed by atoms with Crippen LogP contribution in [0.15, 0.2) is 54.9 Å². The van der Waals surface area contributed by atoms with E-state index >= 15 is 0 Å². The molecule has 0 spiro atoms. The van der Waals surface area contributed by atoms with Gasteiger partial charge in [0.1, 0.15) is 11.5 Å². The number of hydrogen-bond donors (Lipinski definition) is 1. The highest BCUT2D eigenvalue weighted by atomic mass is 16.5. The molecule has 0 atom stereocenters. The van der Waals surface area contributed by atoms with Crippen molar-refractivity contribution in [2.24, 2.45) is 0 Å². The Balaban J connectivity index is 1.80. The van der Waals surface area contributed by atoms with Crippen molar-refractivity contribution in [1.29, 1.82) is 0 Å². The van der Waals surface area contributed by atoms with Crippen LogP contribution in [0.2, 0.25) is 0 Å². The number of carbonyl (C=O) groups excluding carboxylic acids is 1. The molecule has 1 heterocycles. The molecule has 0 aliphatic carbocycles. The standard InChI is InChI=1S/C19H18N2O3/c1-23-15-7-6-13(18(11-15)24-2)10-19(22)21-17-5-3-4-14-12-20-9-8-16(14)17/h3-9,11-12H,10H2,1-2H3,(H,21,22). The minimum absolute atomic E-state index is 0.109. The van der Waals surface area contributed by atoms with Crippen molar-refractivity contribution in [2.75, 3.05) is 19.5 Å².